The Bertz CT molecular complexity index is 391. The van der Waals surface area contributed by atoms with Gasteiger partial charge in [-0.2, -0.15) is 0 Å². The Balaban J connectivity index is 1.66. The van der Waals surface area contributed by atoms with Crippen LogP contribution in [0.15, 0.2) is 30.3 Å². The van der Waals surface area contributed by atoms with E-state index < -0.39 is 0 Å². The zero-order chi connectivity index (χ0) is 13.5. The van der Waals surface area contributed by atoms with Crippen LogP contribution in [0.1, 0.15) is 39.0 Å². The van der Waals surface area contributed by atoms with Crippen LogP contribution in [0, 0.1) is 0 Å². The highest BCUT2D eigenvalue weighted by Gasteiger charge is 2.22. The summed E-state index contributed by atoms with van der Waals surface area (Å²) in [5.74, 6) is 1.16. The summed E-state index contributed by atoms with van der Waals surface area (Å²) in [6.07, 6.45) is 4.93. The molecule has 0 unspecified atom stereocenters. The van der Waals surface area contributed by atoms with Crippen molar-refractivity contribution in [3.05, 3.63) is 30.3 Å². The lowest BCUT2D eigenvalue weighted by Gasteiger charge is -2.33. The molecule has 0 aromatic heterocycles. The first kappa shape index (κ1) is 13.9. The topological polar surface area (TPSA) is 29.5 Å². The predicted octanol–water partition coefficient (Wildman–Crippen LogP) is 3.25. The van der Waals surface area contributed by atoms with Crippen LogP contribution in [0.3, 0.4) is 0 Å². The van der Waals surface area contributed by atoms with Crippen molar-refractivity contribution in [2.75, 3.05) is 13.2 Å². The molecule has 1 aromatic carbocycles. The molecule has 104 valence electrons. The van der Waals surface area contributed by atoms with Crippen molar-refractivity contribution in [1.82, 2.24) is 4.90 Å². The van der Waals surface area contributed by atoms with E-state index in [0.29, 0.717) is 19.1 Å². The number of para-hydroxylation sites is 1. The maximum absolute atomic E-state index is 12.1. The number of benzene rings is 1. The van der Waals surface area contributed by atoms with E-state index in [2.05, 4.69) is 6.92 Å². The fourth-order valence-electron chi connectivity index (χ4n) is 2.54. The Hall–Kier alpha value is -1.51. The maximum Gasteiger partial charge on any atom is 0.222 e. The van der Waals surface area contributed by atoms with Crippen molar-refractivity contribution in [3.8, 4) is 5.75 Å². The van der Waals surface area contributed by atoms with Crippen molar-refractivity contribution in [2.24, 2.45) is 0 Å². The minimum atomic E-state index is 0.281. The van der Waals surface area contributed by atoms with E-state index in [4.69, 9.17) is 4.74 Å². The molecule has 0 saturated carbocycles. The normalized spacial score (nSPS) is 19.2. The molecular formula is C16H23NO2. The Morgan fingerprint density at radius 3 is 2.84 bits per heavy atom. The average molecular weight is 261 g/mol. The number of likely N-dealkylation sites (tertiary alicyclic amines) is 1. The van der Waals surface area contributed by atoms with E-state index in [1.165, 1.54) is 6.42 Å². The Morgan fingerprint density at radius 2 is 2.11 bits per heavy atom. The molecule has 1 aromatic rings. The standard InChI is InChI=1S/C16H23NO2/c1-14-8-5-6-12-17(14)16(18)11-7-13-19-15-9-3-2-4-10-15/h2-4,9-10,14H,5-8,11-13H2,1H3/t14-/m1/s1. The second-order valence-electron chi connectivity index (χ2n) is 5.20. The fourth-order valence-corrected chi connectivity index (χ4v) is 2.54. The maximum atomic E-state index is 12.1. The quantitative estimate of drug-likeness (QED) is 0.761. The van der Waals surface area contributed by atoms with E-state index in [0.717, 1.165) is 31.6 Å². The molecule has 1 heterocycles. The summed E-state index contributed by atoms with van der Waals surface area (Å²) in [5.41, 5.74) is 0. The van der Waals surface area contributed by atoms with Gasteiger partial charge in [0.05, 0.1) is 6.61 Å². The van der Waals surface area contributed by atoms with Crippen molar-refractivity contribution < 1.29 is 9.53 Å². The van der Waals surface area contributed by atoms with Crippen LogP contribution >= 0.6 is 0 Å². The van der Waals surface area contributed by atoms with Crippen molar-refractivity contribution >= 4 is 5.91 Å². The molecule has 3 heteroatoms. The van der Waals surface area contributed by atoms with E-state index >= 15 is 0 Å². The van der Waals surface area contributed by atoms with Crippen LogP contribution in [0.25, 0.3) is 0 Å². The number of amides is 1. The second kappa shape index (κ2) is 7.17. The number of piperidine rings is 1. The van der Waals surface area contributed by atoms with E-state index in [1.54, 1.807) is 0 Å². The Labute approximate surface area is 115 Å². The zero-order valence-electron chi connectivity index (χ0n) is 11.7. The van der Waals surface area contributed by atoms with Gasteiger partial charge in [-0.05, 0) is 44.7 Å². The Kier molecular flexibility index (Phi) is 5.25. The lowest BCUT2D eigenvalue weighted by Crippen LogP contribution is -2.42. The van der Waals surface area contributed by atoms with Gasteiger partial charge >= 0.3 is 0 Å². The van der Waals surface area contributed by atoms with Gasteiger partial charge < -0.3 is 9.64 Å². The average Bonchev–Trinajstić information content (AvgIpc) is 2.45. The third-order valence-electron chi connectivity index (χ3n) is 3.67. The molecule has 19 heavy (non-hydrogen) atoms. The molecule has 0 radical (unpaired) electrons. The molecule has 1 fully saturated rings. The minimum Gasteiger partial charge on any atom is -0.494 e. The van der Waals surface area contributed by atoms with Gasteiger partial charge in [0.2, 0.25) is 5.91 Å². The first-order valence-electron chi connectivity index (χ1n) is 7.24. The van der Waals surface area contributed by atoms with Crippen LogP contribution in [0.5, 0.6) is 5.75 Å². The lowest BCUT2D eigenvalue weighted by atomic mass is 10.0. The molecule has 3 nitrogen and oxygen atoms in total. The van der Waals surface area contributed by atoms with Gasteiger partial charge in [-0.25, -0.2) is 0 Å². The summed E-state index contributed by atoms with van der Waals surface area (Å²) in [6, 6.07) is 10.2. The summed E-state index contributed by atoms with van der Waals surface area (Å²) >= 11 is 0. The summed E-state index contributed by atoms with van der Waals surface area (Å²) in [4.78, 5) is 14.1. The molecule has 0 spiro atoms. The molecular weight excluding hydrogens is 238 g/mol. The molecule has 0 bridgehead atoms. The predicted molar refractivity (Wildman–Crippen MR) is 76.2 cm³/mol. The number of carbonyl (C=O) groups is 1. The SMILES string of the molecule is C[C@@H]1CCCCN1C(=O)CCCOc1ccccc1. The van der Waals surface area contributed by atoms with E-state index in [1.807, 2.05) is 35.2 Å². The highest BCUT2D eigenvalue weighted by molar-refractivity contribution is 5.76. The van der Waals surface area contributed by atoms with Gasteiger partial charge in [0.15, 0.2) is 0 Å². The van der Waals surface area contributed by atoms with E-state index in [9.17, 15) is 4.79 Å². The summed E-state index contributed by atoms with van der Waals surface area (Å²) in [5, 5.41) is 0. The number of nitrogens with zero attached hydrogens (tertiary/aromatic N) is 1. The summed E-state index contributed by atoms with van der Waals surface area (Å²) in [6.45, 7) is 3.69. The summed E-state index contributed by atoms with van der Waals surface area (Å²) in [7, 11) is 0. The van der Waals surface area contributed by atoms with Gasteiger partial charge in [0.1, 0.15) is 5.75 Å². The van der Waals surface area contributed by atoms with Gasteiger partial charge in [0, 0.05) is 19.0 Å². The molecule has 0 N–H and O–H groups in total. The third-order valence-corrected chi connectivity index (χ3v) is 3.67. The van der Waals surface area contributed by atoms with Gasteiger partial charge in [0.25, 0.3) is 0 Å². The molecule has 2 rings (SSSR count). The highest BCUT2D eigenvalue weighted by atomic mass is 16.5. The number of carbonyl (C=O) groups excluding carboxylic acids is 1. The molecule has 1 saturated heterocycles. The van der Waals surface area contributed by atoms with Crippen LogP contribution in [0.4, 0.5) is 0 Å². The number of rotatable bonds is 5. The van der Waals surface area contributed by atoms with Crippen LogP contribution in [0.2, 0.25) is 0 Å². The van der Waals surface area contributed by atoms with Crippen molar-refractivity contribution in [3.63, 3.8) is 0 Å². The fraction of sp³-hybridized carbons (Fsp3) is 0.562. The first-order chi connectivity index (χ1) is 9.27. The first-order valence-corrected chi connectivity index (χ1v) is 7.24. The van der Waals surface area contributed by atoms with Gasteiger partial charge in [-0.1, -0.05) is 18.2 Å². The van der Waals surface area contributed by atoms with Gasteiger partial charge in [-0.15, -0.1) is 0 Å². The smallest absolute Gasteiger partial charge is 0.222 e. The number of ether oxygens (including phenoxy) is 1. The minimum absolute atomic E-state index is 0.281. The monoisotopic (exact) mass is 261 g/mol. The van der Waals surface area contributed by atoms with Crippen LogP contribution in [-0.4, -0.2) is 30.0 Å². The third kappa shape index (κ3) is 4.27. The number of hydrogen-bond acceptors (Lipinski definition) is 2. The molecule has 0 aliphatic carbocycles. The summed E-state index contributed by atoms with van der Waals surface area (Å²) < 4.78 is 5.60. The molecule has 1 aliphatic heterocycles. The highest BCUT2D eigenvalue weighted by Crippen LogP contribution is 2.17. The van der Waals surface area contributed by atoms with Crippen LogP contribution < -0.4 is 4.74 Å². The largest absolute Gasteiger partial charge is 0.494 e. The molecule has 1 aliphatic rings. The van der Waals surface area contributed by atoms with Crippen molar-refractivity contribution in [1.29, 1.82) is 0 Å². The molecule has 1 atom stereocenters. The molecule has 1 amide bonds. The second-order valence-corrected chi connectivity index (χ2v) is 5.20. The van der Waals surface area contributed by atoms with Crippen molar-refractivity contribution in [2.45, 2.75) is 45.1 Å². The van der Waals surface area contributed by atoms with Crippen LogP contribution in [-0.2, 0) is 4.79 Å². The Morgan fingerprint density at radius 1 is 1.32 bits per heavy atom. The number of hydrogen-bond donors (Lipinski definition) is 0. The zero-order valence-corrected chi connectivity index (χ0v) is 11.7. The van der Waals surface area contributed by atoms with E-state index in [-0.39, 0.29) is 5.91 Å². The lowest BCUT2D eigenvalue weighted by molar-refractivity contribution is -0.134. The van der Waals surface area contributed by atoms with Gasteiger partial charge in [-0.3, -0.25) is 4.79 Å².